The molecule has 2 heterocycles. The number of hydrogen-bond donors (Lipinski definition) is 0. The second kappa shape index (κ2) is 4.90. The summed E-state index contributed by atoms with van der Waals surface area (Å²) in [5.74, 6) is 1.42. The van der Waals surface area contributed by atoms with Gasteiger partial charge in [0.05, 0.1) is 22.4 Å². The summed E-state index contributed by atoms with van der Waals surface area (Å²) in [5.41, 5.74) is 1.95. The van der Waals surface area contributed by atoms with Crippen LogP contribution < -0.4 is 9.47 Å². The fourth-order valence-corrected chi connectivity index (χ4v) is 2.70. The first-order chi connectivity index (χ1) is 9.53. The first-order valence-electron chi connectivity index (χ1n) is 6.40. The summed E-state index contributed by atoms with van der Waals surface area (Å²) < 4.78 is 11.6. The van der Waals surface area contributed by atoms with Gasteiger partial charge in [0.15, 0.2) is 5.78 Å². The third-order valence-electron chi connectivity index (χ3n) is 3.09. The normalized spacial score (nSPS) is 16.4. The molecule has 104 valence electrons. The van der Waals surface area contributed by atoms with Crippen molar-refractivity contribution in [2.75, 3.05) is 0 Å². The molecule has 20 heavy (non-hydrogen) atoms. The SMILES string of the molecule is CC1(C)CC(=O)c2ccc(OCc3cncs3)cc2O1. The molecule has 1 aliphatic heterocycles. The Hall–Kier alpha value is -1.88. The molecule has 5 heteroatoms. The van der Waals surface area contributed by atoms with Crippen LogP contribution in [-0.4, -0.2) is 16.4 Å². The largest absolute Gasteiger partial charge is 0.488 e. The van der Waals surface area contributed by atoms with Gasteiger partial charge in [-0.3, -0.25) is 9.78 Å². The molecule has 0 N–H and O–H groups in total. The lowest BCUT2D eigenvalue weighted by molar-refractivity contribution is 0.0618. The number of nitrogens with zero attached hydrogens (tertiary/aromatic N) is 1. The van der Waals surface area contributed by atoms with Crippen molar-refractivity contribution in [3.63, 3.8) is 0 Å². The Morgan fingerprint density at radius 2 is 2.30 bits per heavy atom. The molecule has 0 fully saturated rings. The highest BCUT2D eigenvalue weighted by Gasteiger charge is 2.32. The van der Waals surface area contributed by atoms with E-state index in [2.05, 4.69) is 4.98 Å². The van der Waals surface area contributed by atoms with E-state index in [4.69, 9.17) is 9.47 Å². The lowest BCUT2D eigenvalue weighted by Gasteiger charge is -2.31. The van der Waals surface area contributed by atoms with Crippen LogP contribution in [0.15, 0.2) is 29.9 Å². The smallest absolute Gasteiger partial charge is 0.170 e. The van der Waals surface area contributed by atoms with Crippen LogP contribution in [0.1, 0.15) is 35.5 Å². The maximum absolute atomic E-state index is 12.0. The fourth-order valence-electron chi connectivity index (χ4n) is 2.19. The summed E-state index contributed by atoms with van der Waals surface area (Å²) in [6, 6.07) is 5.36. The number of carbonyl (C=O) groups is 1. The highest BCUT2D eigenvalue weighted by Crippen LogP contribution is 2.35. The van der Waals surface area contributed by atoms with E-state index in [-0.39, 0.29) is 5.78 Å². The second-order valence-electron chi connectivity index (χ2n) is 5.38. The lowest BCUT2D eigenvalue weighted by atomic mass is 9.93. The first kappa shape index (κ1) is 13.1. The van der Waals surface area contributed by atoms with E-state index in [1.165, 1.54) is 0 Å². The average Bonchev–Trinajstić information content (AvgIpc) is 2.87. The van der Waals surface area contributed by atoms with E-state index in [0.29, 0.717) is 30.1 Å². The fraction of sp³-hybridized carbons (Fsp3) is 0.333. The summed E-state index contributed by atoms with van der Waals surface area (Å²) in [5, 5.41) is 0. The van der Waals surface area contributed by atoms with Crippen LogP contribution >= 0.6 is 11.3 Å². The van der Waals surface area contributed by atoms with E-state index < -0.39 is 5.60 Å². The summed E-state index contributed by atoms with van der Waals surface area (Å²) in [6.07, 6.45) is 2.19. The van der Waals surface area contributed by atoms with Crippen LogP contribution in [0.3, 0.4) is 0 Å². The molecule has 0 unspecified atom stereocenters. The van der Waals surface area contributed by atoms with E-state index in [1.807, 2.05) is 13.8 Å². The Balaban J connectivity index is 1.80. The molecule has 0 saturated heterocycles. The minimum atomic E-state index is -0.458. The van der Waals surface area contributed by atoms with Crippen LogP contribution in [0, 0.1) is 0 Å². The third kappa shape index (κ3) is 2.67. The van der Waals surface area contributed by atoms with Crippen LogP contribution in [0.5, 0.6) is 11.5 Å². The maximum Gasteiger partial charge on any atom is 0.170 e. The van der Waals surface area contributed by atoms with Crippen molar-refractivity contribution in [1.82, 2.24) is 4.98 Å². The number of ketones is 1. The average molecular weight is 289 g/mol. The number of thiazole rings is 1. The molecule has 0 atom stereocenters. The molecular weight excluding hydrogens is 274 g/mol. The molecule has 0 saturated carbocycles. The van der Waals surface area contributed by atoms with Crippen molar-refractivity contribution >= 4 is 17.1 Å². The van der Waals surface area contributed by atoms with Gasteiger partial charge >= 0.3 is 0 Å². The standard InChI is InChI=1S/C15H15NO3S/c1-15(2)6-13(17)12-4-3-10(5-14(12)19-15)18-8-11-7-16-9-20-11/h3-5,7,9H,6,8H2,1-2H3. The molecular formula is C15H15NO3S. The van der Waals surface area contributed by atoms with Gasteiger partial charge in [-0.15, -0.1) is 11.3 Å². The molecule has 0 aliphatic carbocycles. The first-order valence-corrected chi connectivity index (χ1v) is 7.28. The number of rotatable bonds is 3. The van der Waals surface area contributed by atoms with E-state index in [1.54, 1.807) is 41.2 Å². The van der Waals surface area contributed by atoms with E-state index in [0.717, 1.165) is 4.88 Å². The zero-order valence-corrected chi connectivity index (χ0v) is 12.2. The van der Waals surface area contributed by atoms with Gasteiger partial charge in [-0.05, 0) is 26.0 Å². The highest BCUT2D eigenvalue weighted by molar-refractivity contribution is 7.09. The summed E-state index contributed by atoms with van der Waals surface area (Å²) in [6.45, 7) is 4.30. The minimum absolute atomic E-state index is 0.116. The molecule has 3 rings (SSSR count). The monoisotopic (exact) mass is 289 g/mol. The number of aromatic nitrogens is 1. The predicted octanol–water partition coefficient (Wildman–Crippen LogP) is 3.47. The number of benzene rings is 1. The van der Waals surface area contributed by atoms with Crippen molar-refractivity contribution in [2.45, 2.75) is 32.5 Å². The van der Waals surface area contributed by atoms with Crippen molar-refractivity contribution in [3.8, 4) is 11.5 Å². The van der Waals surface area contributed by atoms with Gasteiger partial charge in [0.2, 0.25) is 0 Å². The predicted molar refractivity (Wildman–Crippen MR) is 76.5 cm³/mol. The summed E-state index contributed by atoms with van der Waals surface area (Å²) >= 11 is 1.55. The molecule has 0 amide bonds. The van der Waals surface area contributed by atoms with Gasteiger partial charge < -0.3 is 9.47 Å². The van der Waals surface area contributed by atoms with Crippen molar-refractivity contribution in [3.05, 3.63) is 40.3 Å². The van der Waals surface area contributed by atoms with E-state index in [9.17, 15) is 4.79 Å². The number of Topliss-reactive ketones (excluding diaryl/α,β-unsaturated/α-hetero) is 1. The van der Waals surface area contributed by atoms with Gasteiger partial charge in [-0.25, -0.2) is 0 Å². The van der Waals surface area contributed by atoms with Crippen molar-refractivity contribution < 1.29 is 14.3 Å². The van der Waals surface area contributed by atoms with Crippen molar-refractivity contribution in [1.29, 1.82) is 0 Å². The summed E-state index contributed by atoms with van der Waals surface area (Å²) in [7, 11) is 0. The van der Waals surface area contributed by atoms with Gasteiger partial charge in [0, 0.05) is 12.3 Å². The number of hydrogen-bond acceptors (Lipinski definition) is 5. The quantitative estimate of drug-likeness (QED) is 0.868. The van der Waals surface area contributed by atoms with Crippen LogP contribution in [0.25, 0.3) is 0 Å². The van der Waals surface area contributed by atoms with Gasteiger partial charge in [-0.2, -0.15) is 0 Å². The Bertz CT molecular complexity index is 635. The molecule has 2 aromatic rings. The van der Waals surface area contributed by atoms with Crippen LogP contribution in [0.4, 0.5) is 0 Å². The lowest BCUT2D eigenvalue weighted by Crippen LogP contribution is -2.35. The molecule has 0 bridgehead atoms. The Morgan fingerprint density at radius 1 is 1.45 bits per heavy atom. The molecule has 1 aromatic heterocycles. The Morgan fingerprint density at radius 3 is 3.05 bits per heavy atom. The number of carbonyl (C=O) groups excluding carboxylic acids is 1. The molecule has 0 spiro atoms. The number of fused-ring (bicyclic) bond motifs is 1. The van der Waals surface area contributed by atoms with Crippen LogP contribution in [0.2, 0.25) is 0 Å². The van der Waals surface area contributed by atoms with Gasteiger partial charge in [0.1, 0.15) is 23.7 Å². The Labute approximate surface area is 121 Å². The number of ether oxygens (including phenoxy) is 2. The van der Waals surface area contributed by atoms with Crippen LogP contribution in [-0.2, 0) is 6.61 Å². The molecule has 0 radical (unpaired) electrons. The van der Waals surface area contributed by atoms with Gasteiger partial charge in [-0.1, -0.05) is 0 Å². The molecule has 1 aromatic carbocycles. The third-order valence-corrected chi connectivity index (χ3v) is 3.84. The zero-order chi connectivity index (χ0) is 14.2. The summed E-state index contributed by atoms with van der Waals surface area (Å²) in [4.78, 5) is 17.1. The molecule has 4 nitrogen and oxygen atoms in total. The zero-order valence-electron chi connectivity index (χ0n) is 11.4. The highest BCUT2D eigenvalue weighted by atomic mass is 32.1. The van der Waals surface area contributed by atoms with E-state index >= 15 is 0 Å². The topological polar surface area (TPSA) is 48.4 Å². The Kier molecular flexibility index (Phi) is 3.22. The maximum atomic E-state index is 12.0. The molecule has 1 aliphatic rings. The van der Waals surface area contributed by atoms with Crippen molar-refractivity contribution in [2.24, 2.45) is 0 Å². The van der Waals surface area contributed by atoms with Gasteiger partial charge in [0.25, 0.3) is 0 Å². The minimum Gasteiger partial charge on any atom is -0.488 e. The second-order valence-corrected chi connectivity index (χ2v) is 6.35.